The highest BCUT2D eigenvalue weighted by molar-refractivity contribution is 6.34. The highest BCUT2D eigenvalue weighted by Crippen LogP contribution is 2.37. The first-order valence-corrected chi connectivity index (χ1v) is 13.1. The molecule has 1 aromatic carbocycles. The van der Waals surface area contributed by atoms with Crippen LogP contribution in [0.25, 0.3) is 28.0 Å². The maximum atomic E-state index is 13.8. The van der Waals surface area contributed by atoms with Crippen molar-refractivity contribution in [2.24, 2.45) is 0 Å². The number of nitrogens with zero attached hydrogens (tertiary/aromatic N) is 6. The molecule has 1 saturated heterocycles. The number of amides is 1. The van der Waals surface area contributed by atoms with Crippen molar-refractivity contribution in [1.29, 1.82) is 0 Å². The number of pyridine rings is 2. The van der Waals surface area contributed by atoms with Gasteiger partial charge in [-0.25, -0.2) is 24.1 Å². The van der Waals surface area contributed by atoms with E-state index in [0.717, 1.165) is 5.56 Å². The molecule has 0 radical (unpaired) electrons. The summed E-state index contributed by atoms with van der Waals surface area (Å²) in [6.45, 7) is 6.98. The van der Waals surface area contributed by atoms with Crippen LogP contribution >= 0.6 is 11.6 Å². The summed E-state index contributed by atoms with van der Waals surface area (Å²) in [4.78, 5) is 42.5. The molecular formula is C28H29ClN6O4. The lowest BCUT2D eigenvalue weighted by Gasteiger charge is -2.39. The summed E-state index contributed by atoms with van der Waals surface area (Å²) in [5.41, 5.74) is 2.56. The van der Waals surface area contributed by atoms with Crippen LogP contribution in [0.4, 0.5) is 10.6 Å². The van der Waals surface area contributed by atoms with E-state index >= 15 is 0 Å². The fraction of sp³-hybridized carbons (Fsp3) is 0.321. The van der Waals surface area contributed by atoms with Crippen LogP contribution in [-0.4, -0.2) is 68.4 Å². The number of halogens is 1. The minimum absolute atomic E-state index is 0.136. The van der Waals surface area contributed by atoms with Crippen LogP contribution in [0.15, 0.2) is 53.5 Å². The normalized spacial score (nSPS) is 15.7. The van der Waals surface area contributed by atoms with E-state index in [2.05, 4.69) is 23.8 Å². The predicted octanol–water partition coefficient (Wildman–Crippen LogP) is 4.82. The number of hydrogen-bond acceptors (Lipinski definition) is 7. The zero-order valence-electron chi connectivity index (χ0n) is 22.1. The first kappa shape index (κ1) is 26.4. The molecule has 4 aromatic rings. The number of methoxy groups -OCH3 is 1. The van der Waals surface area contributed by atoms with Gasteiger partial charge in [-0.05, 0) is 42.7 Å². The van der Waals surface area contributed by atoms with Crippen LogP contribution in [-0.2, 0) is 0 Å². The van der Waals surface area contributed by atoms with E-state index in [1.807, 2.05) is 42.2 Å². The number of fused-ring (bicyclic) bond motifs is 1. The number of hydrogen-bond donors (Lipinski definition) is 1. The van der Waals surface area contributed by atoms with Gasteiger partial charge in [0.15, 0.2) is 5.65 Å². The van der Waals surface area contributed by atoms with Gasteiger partial charge in [0.1, 0.15) is 5.82 Å². The zero-order valence-corrected chi connectivity index (χ0v) is 22.9. The lowest BCUT2D eigenvalue weighted by atomic mass is 10.0. The molecule has 1 fully saturated rings. The van der Waals surface area contributed by atoms with Crippen molar-refractivity contribution in [2.45, 2.75) is 32.7 Å². The molecule has 1 amide bonds. The van der Waals surface area contributed by atoms with E-state index in [-0.39, 0.29) is 25.0 Å². The van der Waals surface area contributed by atoms with Crippen molar-refractivity contribution >= 4 is 34.5 Å². The molecule has 5 rings (SSSR count). The topological polar surface area (TPSA) is 114 Å². The molecule has 202 valence electrons. The van der Waals surface area contributed by atoms with Crippen molar-refractivity contribution in [3.8, 4) is 22.8 Å². The maximum Gasteiger partial charge on any atom is 0.407 e. The van der Waals surface area contributed by atoms with E-state index in [1.165, 1.54) is 16.6 Å². The van der Waals surface area contributed by atoms with Crippen LogP contribution < -0.4 is 15.3 Å². The Hall–Kier alpha value is -4.18. The average Bonchev–Trinajstić information content (AvgIpc) is 2.92. The lowest BCUT2D eigenvalue weighted by Crippen LogP contribution is -2.54. The minimum atomic E-state index is -0.972. The minimum Gasteiger partial charge on any atom is -0.481 e. The number of piperazine rings is 1. The van der Waals surface area contributed by atoms with Gasteiger partial charge in [-0.15, -0.1) is 0 Å². The molecule has 10 nitrogen and oxygen atoms in total. The van der Waals surface area contributed by atoms with Gasteiger partial charge in [0.2, 0.25) is 5.88 Å². The molecule has 0 saturated carbocycles. The van der Waals surface area contributed by atoms with Crippen LogP contribution in [0, 0.1) is 0 Å². The number of anilines is 1. The van der Waals surface area contributed by atoms with Gasteiger partial charge < -0.3 is 19.6 Å². The molecule has 1 N–H and O–H groups in total. The van der Waals surface area contributed by atoms with Crippen molar-refractivity contribution in [3.05, 3.63) is 69.7 Å². The van der Waals surface area contributed by atoms with Crippen molar-refractivity contribution < 1.29 is 14.6 Å². The summed E-state index contributed by atoms with van der Waals surface area (Å²) >= 11 is 6.83. The molecule has 4 heterocycles. The van der Waals surface area contributed by atoms with E-state index in [4.69, 9.17) is 21.3 Å². The summed E-state index contributed by atoms with van der Waals surface area (Å²) in [6, 6.07) is 12.8. The Balaban J connectivity index is 1.81. The van der Waals surface area contributed by atoms with Crippen molar-refractivity contribution in [2.75, 3.05) is 31.6 Å². The fourth-order valence-corrected chi connectivity index (χ4v) is 5.34. The molecule has 1 aliphatic heterocycles. The van der Waals surface area contributed by atoms with Crippen LogP contribution in [0.3, 0.4) is 0 Å². The molecule has 0 bridgehead atoms. The number of rotatable bonds is 5. The quantitative estimate of drug-likeness (QED) is 0.378. The Kier molecular flexibility index (Phi) is 7.14. The summed E-state index contributed by atoms with van der Waals surface area (Å²) in [6.07, 6.45) is 0.645. The monoisotopic (exact) mass is 548 g/mol. The highest BCUT2D eigenvalue weighted by Gasteiger charge is 2.30. The van der Waals surface area contributed by atoms with Gasteiger partial charge in [0.25, 0.3) is 0 Å². The molecule has 3 aromatic heterocycles. The molecule has 1 unspecified atom stereocenters. The summed E-state index contributed by atoms with van der Waals surface area (Å²) in [5, 5.41) is 10.4. The summed E-state index contributed by atoms with van der Waals surface area (Å²) in [7, 11) is 1.52. The third-order valence-electron chi connectivity index (χ3n) is 6.99. The largest absolute Gasteiger partial charge is 0.481 e. The second-order valence-corrected chi connectivity index (χ2v) is 10.2. The fourth-order valence-electron chi connectivity index (χ4n) is 5.09. The SMILES string of the molecule is COc1ncccc1-c1nc2c(cc1Cl)c(N1CCN(C(=O)O)CC1C)nc(=O)n2-c1ccccc1C(C)C. The van der Waals surface area contributed by atoms with Crippen LogP contribution in [0.1, 0.15) is 32.3 Å². The molecule has 39 heavy (non-hydrogen) atoms. The smallest absolute Gasteiger partial charge is 0.407 e. The second kappa shape index (κ2) is 10.5. The third-order valence-corrected chi connectivity index (χ3v) is 7.28. The van der Waals surface area contributed by atoms with Crippen molar-refractivity contribution in [1.82, 2.24) is 24.4 Å². The van der Waals surface area contributed by atoms with Gasteiger partial charge >= 0.3 is 11.8 Å². The number of aromatic nitrogens is 4. The Morgan fingerprint density at radius 3 is 2.62 bits per heavy atom. The Bertz CT molecular complexity index is 1620. The van der Waals surface area contributed by atoms with Gasteiger partial charge in [0, 0.05) is 31.9 Å². The van der Waals surface area contributed by atoms with Crippen molar-refractivity contribution in [3.63, 3.8) is 0 Å². The molecule has 0 aliphatic carbocycles. The van der Waals surface area contributed by atoms with E-state index in [0.29, 0.717) is 51.2 Å². The number of para-hydroxylation sites is 1. The Morgan fingerprint density at radius 2 is 1.92 bits per heavy atom. The second-order valence-electron chi connectivity index (χ2n) is 9.79. The molecule has 11 heteroatoms. The molecule has 1 aliphatic rings. The molecular weight excluding hydrogens is 520 g/mol. The maximum absolute atomic E-state index is 13.8. The van der Waals surface area contributed by atoms with Crippen LogP contribution in [0.2, 0.25) is 5.02 Å². The average molecular weight is 549 g/mol. The van der Waals surface area contributed by atoms with Gasteiger partial charge in [0.05, 0.1) is 34.5 Å². The summed E-state index contributed by atoms with van der Waals surface area (Å²) < 4.78 is 6.99. The van der Waals surface area contributed by atoms with Gasteiger partial charge in [-0.1, -0.05) is 43.6 Å². The van der Waals surface area contributed by atoms with E-state index < -0.39 is 11.8 Å². The Labute approximate surface area is 230 Å². The van der Waals surface area contributed by atoms with Gasteiger partial charge in [-0.2, -0.15) is 4.98 Å². The number of carboxylic acid groups (broad SMARTS) is 1. The number of ether oxygens (including phenoxy) is 1. The van der Waals surface area contributed by atoms with Crippen LogP contribution in [0.5, 0.6) is 5.88 Å². The highest BCUT2D eigenvalue weighted by atomic mass is 35.5. The molecule has 1 atom stereocenters. The third kappa shape index (κ3) is 4.76. The van der Waals surface area contributed by atoms with Gasteiger partial charge in [-0.3, -0.25) is 0 Å². The molecule has 0 spiro atoms. The standard InChI is InChI=1S/C28H29ClN6O4/c1-16(2)18-8-5-6-10-22(18)35-25-20(14-21(29)23(31-25)19-9-7-11-30-26(19)39-4)24(32-27(35)36)34-13-12-33(28(37)38)15-17(34)3/h5-11,14,16-17H,12-13,15H2,1-4H3,(H,37,38). The number of carbonyl (C=O) groups is 1. The van der Waals surface area contributed by atoms with E-state index in [9.17, 15) is 14.7 Å². The first-order valence-electron chi connectivity index (χ1n) is 12.7. The lowest BCUT2D eigenvalue weighted by molar-refractivity contribution is 0.136. The number of benzene rings is 1. The van der Waals surface area contributed by atoms with E-state index in [1.54, 1.807) is 18.3 Å². The predicted molar refractivity (Wildman–Crippen MR) is 150 cm³/mol. The first-order chi connectivity index (χ1) is 18.7. The Morgan fingerprint density at radius 1 is 1.15 bits per heavy atom. The summed E-state index contributed by atoms with van der Waals surface area (Å²) in [5.74, 6) is 0.914. The zero-order chi connectivity index (χ0) is 27.8.